The van der Waals surface area contributed by atoms with Crippen molar-refractivity contribution in [1.82, 2.24) is 0 Å². The number of rotatable bonds is 6. The predicted octanol–water partition coefficient (Wildman–Crippen LogP) is 5.13. The molecule has 3 aromatic carbocycles. The van der Waals surface area contributed by atoms with Gasteiger partial charge in [-0.25, -0.2) is 8.42 Å². The molecule has 29 heavy (non-hydrogen) atoms. The molecule has 0 saturated heterocycles. The van der Waals surface area contributed by atoms with E-state index < -0.39 is 15.3 Å². The van der Waals surface area contributed by atoms with Crippen molar-refractivity contribution in [2.24, 2.45) is 0 Å². The molecule has 0 fully saturated rings. The zero-order valence-electron chi connectivity index (χ0n) is 16.6. The highest BCUT2D eigenvalue weighted by molar-refractivity contribution is 7.93. The summed E-state index contributed by atoms with van der Waals surface area (Å²) >= 11 is 0. The molecule has 0 bridgehead atoms. The largest absolute Gasteiger partial charge is 0.326 e. The summed E-state index contributed by atoms with van der Waals surface area (Å²) in [5, 5.41) is 2.27. The molecule has 0 spiro atoms. The average molecular weight is 409 g/mol. The van der Waals surface area contributed by atoms with E-state index in [0.29, 0.717) is 5.69 Å². The van der Waals surface area contributed by atoms with Gasteiger partial charge in [0.1, 0.15) is 0 Å². The quantitative estimate of drug-likeness (QED) is 0.594. The lowest BCUT2D eigenvalue weighted by Gasteiger charge is -2.15. The standard InChI is InChI=1S/C23H24N2O3S/c1-16(2)29(27,28)25-23-10-5-4-9-22(23)19-13-11-18(12-14-19)20-7-6-8-21(15-20)24-17(3)26/h4-16,25H,1-3H3,(H,24,26). The van der Waals surface area contributed by atoms with Gasteiger partial charge in [-0.15, -0.1) is 0 Å². The Balaban J connectivity index is 1.91. The number of para-hydroxylation sites is 1. The number of anilines is 2. The van der Waals surface area contributed by atoms with E-state index in [1.807, 2.05) is 66.7 Å². The number of hydrogen-bond acceptors (Lipinski definition) is 3. The van der Waals surface area contributed by atoms with Crippen LogP contribution in [0, 0.1) is 0 Å². The highest BCUT2D eigenvalue weighted by atomic mass is 32.2. The number of carbonyl (C=O) groups excluding carboxylic acids is 1. The third-order valence-electron chi connectivity index (χ3n) is 4.51. The first-order valence-corrected chi connectivity index (χ1v) is 10.9. The number of amides is 1. The molecule has 150 valence electrons. The van der Waals surface area contributed by atoms with Crippen molar-refractivity contribution in [3.05, 3.63) is 72.8 Å². The summed E-state index contributed by atoms with van der Waals surface area (Å²) in [6, 6.07) is 22.9. The minimum atomic E-state index is -3.43. The fourth-order valence-corrected chi connectivity index (χ4v) is 3.64. The summed E-state index contributed by atoms with van der Waals surface area (Å²) in [5.74, 6) is -0.113. The lowest BCUT2D eigenvalue weighted by atomic mass is 9.99. The molecule has 3 rings (SSSR count). The number of carbonyl (C=O) groups is 1. The van der Waals surface area contributed by atoms with Crippen molar-refractivity contribution in [3.63, 3.8) is 0 Å². The molecule has 0 unspecified atom stereocenters. The zero-order chi connectivity index (χ0) is 21.0. The summed E-state index contributed by atoms with van der Waals surface area (Å²) in [5.41, 5.74) is 5.01. The Bertz CT molecular complexity index is 1120. The van der Waals surface area contributed by atoms with Gasteiger partial charge < -0.3 is 5.32 Å². The lowest BCUT2D eigenvalue weighted by molar-refractivity contribution is -0.114. The maximum Gasteiger partial charge on any atom is 0.235 e. The Morgan fingerprint density at radius 3 is 2.14 bits per heavy atom. The first-order chi connectivity index (χ1) is 13.8. The monoisotopic (exact) mass is 408 g/mol. The second-order valence-corrected chi connectivity index (χ2v) is 9.32. The van der Waals surface area contributed by atoms with Gasteiger partial charge >= 0.3 is 0 Å². The van der Waals surface area contributed by atoms with Crippen LogP contribution in [-0.2, 0) is 14.8 Å². The molecule has 3 aromatic rings. The first-order valence-electron chi connectivity index (χ1n) is 9.35. The van der Waals surface area contributed by atoms with Crippen LogP contribution in [0.15, 0.2) is 72.8 Å². The van der Waals surface area contributed by atoms with Crippen LogP contribution < -0.4 is 10.0 Å². The van der Waals surface area contributed by atoms with Crippen LogP contribution in [0.2, 0.25) is 0 Å². The van der Waals surface area contributed by atoms with Crippen molar-refractivity contribution in [2.45, 2.75) is 26.0 Å². The van der Waals surface area contributed by atoms with E-state index in [-0.39, 0.29) is 5.91 Å². The van der Waals surface area contributed by atoms with Gasteiger partial charge in [0.15, 0.2) is 0 Å². The van der Waals surface area contributed by atoms with Crippen molar-refractivity contribution in [1.29, 1.82) is 0 Å². The van der Waals surface area contributed by atoms with E-state index in [4.69, 9.17) is 0 Å². The molecular weight excluding hydrogens is 384 g/mol. The van der Waals surface area contributed by atoms with Gasteiger partial charge in [-0.05, 0) is 48.7 Å². The molecule has 5 nitrogen and oxygen atoms in total. The lowest BCUT2D eigenvalue weighted by Crippen LogP contribution is -2.22. The fourth-order valence-electron chi connectivity index (χ4n) is 2.92. The van der Waals surface area contributed by atoms with E-state index in [1.165, 1.54) is 6.92 Å². The van der Waals surface area contributed by atoms with Gasteiger partial charge in [0.05, 0.1) is 10.9 Å². The van der Waals surface area contributed by atoms with Gasteiger partial charge in [-0.3, -0.25) is 9.52 Å². The van der Waals surface area contributed by atoms with Crippen molar-refractivity contribution >= 4 is 27.3 Å². The first kappa shape index (κ1) is 20.6. The number of hydrogen-bond donors (Lipinski definition) is 2. The summed E-state index contributed by atoms with van der Waals surface area (Å²) < 4.78 is 27.3. The average Bonchev–Trinajstić information content (AvgIpc) is 2.68. The second-order valence-electron chi connectivity index (χ2n) is 7.08. The molecule has 1 amide bonds. The highest BCUT2D eigenvalue weighted by Gasteiger charge is 2.17. The van der Waals surface area contributed by atoms with Crippen LogP contribution in [0.5, 0.6) is 0 Å². The van der Waals surface area contributed by atoms with Gasteiger partial charge in [-0.2, -0.15) is 0 Å². The normalized spacial score (nSPS) is 11.3. The molecule has 0 aromatic heterocycles. The predicted molar refractivity (Wildman–Crippen MR) is 119 cm³/mol. The van der Waals surface area contributed by atoms with Gasteiger partial charge in [-0.1, -0.05) is 54.6 Å². The van der Waals surface area contributed by atoms with Crippen LogP contribution in [0.25, 0.3) is 22.3 Å². The van der Waals surface area contributed by atoms with Crippen molar-refractivity contribution in [3.8, 4) is 22.3 Å². The van der Waals surface area contributed by atoms with E-state index in [2.05, 4.69) is 10.0 Å². The number of benzene rings is 3. The fraction of sp³-hybridized carbons (Fsp3) is 0.174. The van der Waals surface area contributed by atoms with E-state index in [9.17, 15) is 13.2 Å². The van der Waals surface area contributed by atoms with Gasteiger partial charge in [0.2, 0.25) is 15.9 Å². The van der Waals surface area contributed by atoms with Crippen LogP contribution in [0.1, 0.15) is 20.8 Å². The molecule has 2 N–H and O–H groups in total. The van der Waals surface area contributed by atoms with Crippen LogP contribution >= 0.6 is 0 Å². The number of sulfonamides is 1. The third-order valence-corrected chi connectivity index (χ3v) is 6.26. The van der Waals surface area contributed by atoms with Gasteiger partial charge in [0, 0.05) is 18.2 Å². The smallest absolute Gasteiger partial charge is 0.235 e. The molecule has 0 aliphatic heterocycles. The molecule has 0 aliphatic carbocycles. The Kier molecular flexibility index (Phi) is 6.03. The molecule has 0 heterocycles. The Morgan fingerprint density at radius 1 is 0.828 bits per heavy atom. The summed E-state index contributed by atoms with van der Waals surface area (Å²) in [7, 11) is -3.43. The second kappa shape index (κ2) is 8.49. The topological polar surface area (TPSA) is 75.3 Å². The van der Waals surface area contributed by atoms with E-state index in [1.54, 1.807) is 19.9 Å². The molecule has 0 saturated carbocycles. The van der Waals surface area contributed by atoms with Gasteiger partial charge in [0.25, 0.3) is 0 Å². The molecule has 0 radical (unpaired) electrons. The third kappa shape index (κ3) is 5.03. The minimum absolute atomic E-state index is 0.113. The van der Waals surface area contributed by atoms with E-state index >= 15 is 0 Å². The summed E-state index contributed by atoms with van der Waals surface area (Å²) in [6.07, 6.45) is 0. The van der Waals surface area contributed by atoms with Crippen LogP contribution in [0.3, 0.4) is 0 Å². The molecule has 6 heteroatoms. The minimum Gasteiger partial charge on any atom is -0.326 e. The van der Waals surface area contributed by atoms with E-state index in [0.717, 1.165) is 27.9 Å². The zero-order valence-corrected chi connectivity index (χ0v) is 17.5. The van der Waals surface area contributed by atoms with Crippen molar-refractivity contribution in [2.75, 3.05) is 10.0 Å². The van der Waals surface area contributed by atoms with Crippen molar-refractivity contribution < 1.29 is 13.2 Å². The Labute approximate surface area is 171 Å². The summed E-state index contributed by atoms with van der Waals surface area (Å²) in [4.78, 5) is 11.3. The Morgan fingerprint density at radius 2 is 1.48 bits per heavy atom. The molecular formula is C23H24N2O3S. The van der Waals surface area contributed by atoms with Crippen LogP contribution in [0.4, 0.5) is 11.4 Å². The SMILES string of the molecule is CC(=O)Nc1cccc(-c2ccc(-c3ccccc3NS(=O)(=O)C(C)C)cc2)c1. The Hall–Kier alpha value is -3.12. The van der Waals surface area contributed by atoms with Crippen LogP contribution in [-0.4, -0.2) is 19.6 Å². The molecule has 0 aliphatic rings. The number of nitrogens with one attached hydrogen (secondary N) is 2. The maximum absolute atomic E-state index is 12.3. The maximum atomic E-state index is 12.3. The molecule has 0 atom stereocenters. The summed E-state index contributed by atoms with van der Waals surface area (Å²) in [6.45, 7) is 4.77. The highest BCUT2D eigenvalue weighted by Crippen LogP contribution is 2.31.